The topological polar surface area (TPSA) is 69.6 Å². The van der Waals surface area contributed by atoms with E-state index in [9.17, 15) is 14.7 Å². The van der Waals surface area contributed by atoms with Crippen LogP contribution in [-0.2, 0) is 22.6 Å². The number of carboxylic acid groups (broad SMARTS) is 1. The molecular formula is C15H20N2O3. The van der Waals surface area contributed by atoms with Gasteiger partial charge in [0.2, 0.25) is 5.91 Å². The summed E-state index contributed by atoms with van der Waals surface area (Å²) >= 11 is 0. The molecule has 108 valence electrons. The molecule has 1 aromatic carbocycles. The molecule has 0 fully saturated rings. The van der Waals surface area contributed by atoms with Crippen LogP contribution in [0.15, 0.2) is 24.3 Å². The number of nitrogens with one attached hydrogen (secondary N) is 1. The Hall–Kier alpha value is -1.88. The number of aliphatic carboxylic acids is 1. The Bertz CT molecular complexity index is 502. The zero-order chi connectivity index (χ0) is 14.5. The van der Waals surface area contributed by atoms with Crippen LogP contribution in [0.2, 0.25) is 0 Å². The highest BCUT2D eigenvalue weighted by Crippen LogP contribution is 2.24. The maximum Gasteiger partial charge on any atom is 0.326 e. The number of nitrogens with zero attached hydrogens (tertiary/aromatic N) is 1. The first-order valence-electron chi connectivity index (χ1n) is 6.93. The van der Waals surface area contributed by atoms with Crippen LogP contribution in [-0.4, -0.2) is 41.0 Å². The van der Waals surface area contributed by atoms with E-state index < -0.39 is 12.0 Å². The van der Waals surface area contributed by atoms with Gasteiger partial charge in [0.05, 0.1) is 0 Å². The van der Waals surface area contributed by atoms with Crippen LogP contribution >= 0.6 is 0 Å². The van der Waals surface area contributed by atoms with Crippen LogP contribution in [0.25, 0.3) is 0 Å². The first-order chi connectivity index (χ1) is 9.63. The maximum absolute atomic E-state index is 12.2. The van der Waals surface area contributed by atoms with Gasteiger partial charge < -0.3 is 15.3 Å². The van der Waals surface area contributed by atoms with E-state index in [0.29, 0.717) is 25.9 Å². The lowest BCUT2D eigenvalue weighted by Gasteiger charge is -2.34. The molecule has 1 aliphatic heterocycles. The minimum Gasteiger partial charge on any atom is -0.480 e. The van der Waals surface area contributed by atoms with Crippen LogP contribution in [0.5, 0.6) is 0 Å². The average molecular weight is 276 g/mol. The minimum absolute atomic E-state index is 0.104. The molecule has 1 atom stereocenters. The van der Waals surface area contributed by atoms with Crippen LogP contribution in [0.4, 0.5) is 0 Å². The van der Waals surface area contributed by atoms with Crippen molar-refractivity contribution in [1.29, 1.82) is 0 Å². The Morgan fingerprint density at radius 3 is 2.70 bits per heavy atom. The van der Waals surface area contributed by atoms with E-state index in [4.69, 9.17) is 0 Å². The van der Waals surface area contributed by atoms with Gasteiger partial charge in [-0.15, -0.1) is 0 Å². The molecule has 1 aliphatic rings. The Morgan fingerprint density at radius 2 is 2.05 bits per heavy atom. The molecule has 2 rings (SSSR count). The zero-order valence-corrected chi connectivity index (χ0v) is 11.6. The van der Waals surface area contributed by atoms with Crippen molar-refractivity contribution < 1.29 is 14.7 Å². The van der Waals surface area contributed by atoms with Crippen molar-refractivity contribution in [2.45, 2.75) is 32.4 Å². The van der Waals surface area contributed by atoms with Gasteiger partial charge in [0.25, 0.3) is 0 Å². The summed E-state index contributed by atoms with van der Waals surface area (Å²) in [5.74, 6) is -1.04. The summed E-state index contributed by atoms with van der Waals surface area (Å²) in [5.41, 5.74) is 2.07. The molecule has 0 radical (unpaired) electrons. The number of fused-ring (bicyclic) bond motifs is 1. The fourth-order valence-corrected chi connectivity index (χ4v) is 2.52. The Kier molecular flexibility index (Phi) is 4.74. The number of hydrogen-bond donors (Lipinski definition) is 2. The molecule has 0 bridgehead atoms. The SMILES string of the molecule is CCNCCC(=O)N1Cc2ccccc2C[C@@H]1C(=O)O. The first-order valence-corrected chi connectivity index (χ1v) is 6.93. The minimum atomic E-state index is -0.934. The van der Waals surface area contributed by atoms with E-state index in [2.05, 4.69) is 5.32 Å². The van der Waals surface area contributed by atoms with Crippen LogP contribution in [0.1, 0.15) is 24.5 Å². The highest BCUT2D eigenvalue weighted by Gasteiger charge is 2.33. The molecule has 0 unspecified atom stereocenters. The van der Waals surface area contributed by atoms with Crippen molar-refractivity contribution in [1.82, 2.24) is 10.2 Å². The summed E-state index contributed by atoms with van der Waals surface area (Å²) in [6.07, 6.45) is 0.720. The second-order valence-electron chi connectivity index (χ2n) is 4.95. The van der Waals surface area contributed by atoms with Crippen molar-refractivity contribution >= 4 is 11.9 Å². The van der Waals surface area contributed by atoms with Crippen LogP contribution < -0.4 is 5.32 Å². The monoisotopic (exact) mass is 276 g/mol. The lowest BCUT2D eigenvalue weighted by Crippen LogP contribution is -2.49. The summed E-state index contributed by atoms with van der Waals surface area (Å²) in [6.45, 7) is 3.75. The number of amides is 1. The van der Waals surface area contributed by atoms with E-state index in [1.54, 1.807) is 0 Å². The van der Waals surface area contributed by atoms with E-state index in [-0.39, 0.29) is 5.91 Å². The molecule has 0 saturated heterocycles. The normalized spacial score (nSPS) is 17.6. The third-order valence-electron chi connectivity index (χ3n) is 3.62. The zero-order valence-electron chi connectivity index (χ0n) is 11.6. The number of benzene rings is 1. The van der Waals surface area contributed by atoms with Crippen molar-refractivity contribution in [2.24, 2.45) is 0 Å². The van der Waals surface area contributed by atoms with E-state index >= 15 is 0 Å². The van der Waals surface area contributed by atoms with E-state index in [1.807, 2.05) is 31.2 Å². The number of carbonyl (C=O) groups is 2. The highest BCUT2D eigenvalue weighted by molar-refractivity contribution is 5.84. The molecule has 1 heterocycles. The first kappa shape index (κ1) is 14.5. The Morgan fingerprint density at radius 1 is 1.35 bits per heavy atom. The van der Waals surface area contributed by atoms with Gasteiger partial charge in [0.15, 0.2) is 0 Å². The van der Waals surface area contributed by atoms with Crippen LogP contribution in [0.3, 0.4) is 0 Å². The smallest absolute Gasteiger partial charge is 0.326 e. The molecule has 2 N–H and O–H groups in total. The van der Waals surface area contributed by atoms with Crippen LogP contribution in [0, 0.1) is 0 Å². The molecule has 5 nitrogen and oxygen atoms in total. The van der Waals surface area contributed by atoms with Gasteiger partial charge in [-0.2, -0.15) is 0 Å². The third-order valence-corrected chi connectivity index (χ3v) is 3.62. The average Bonchev–Trinajstić information content (AvgIpc) is 2.46. The van der Waals surface area contributed by atoms with Gasteiger partial charge in [-0.3, -0.25) is 4.79 Å². The quantitative estimate of drug-likeness (QED) is 0.788. The van der Waals surface area contributed by atoms with Gasteiger partial charge in [-0.1, -0.05) is 31.2 Å². The third kappa shape index (κ3) is 3.17. The lowest BCUT2D eigenvalue weighted by molar-refractivity contribution is -0.151. The summed E-state index contributed by atoms with van der Waals surface area (Å²) in [7, 11) is 0. The van der Waals surface area contributed by atoms with Gasteiger partial charge in [0, 0.05) is 25.9 Å². The Labute approximate surface area is 118 Å². The van der Waals surface area contributed by atoms with Gasteiger partial charge in [0.1, 0.15) is 6.04 Å². The molecule has 5 heteroatoms. The fourth-order valence-electron chi connectivity index (χ4n) is 2.52. The Balaban J connectivity index is 2.13. The molecule has 0 aromatic heterocycles. The molecule has 0 aliphatic carbocycles. The van der Waals surface area contributed by atoms with Crippen molar-refractivity contribution in [2.75, 3.05) is 13.1 Å². The highest BCUT2D eigenvalue weighted by atomic mass is 16.4. The van der Waals surface area contributed by atoms with Gasteiger partial charge in [-0.25, -0.2) is 4.79 Å². The standard InChI is InChI=1S/C15H20N2O3/c1-2-16-8-7-14(18)17-10-12-6-4-3-5-11(12)9-13(17)15(19)20/h3-6,13,16H,2,7-10H2,1H3,(H,19,20)/t13-/m1/s1. The van der Waals surface area contributed by atoms with E-state index in [0.717, 1.165) is 17.7 Å². The van der Waals surface area contributed by atoms with Crippen molar-refractivity contribution in [3.63, 3.8) is 0 Å². The summed E-state index contributed by atoms with van der Waals surface area (Å²) in [5, 5.41) is 12.4. The number of carbonyl (C=O) groups excluding carboxylic acids is 1. The maximum atomic E-state index is 12.2. The van der Waals surface area contributed by atoms with Crippen molar-refractivity contribution in [3.05, 3.63) is 35.4 Å². The van der Waals surface area contributed by atoms with Gasteiger partial charge in [-0.05, 0) is 17.7 Å². The molecule has 0 saturated carbocycles. The molecule has 0 spiro atoms. The molecular weight excluding hydrogens is 256 g/mol. The second kappa shape index (κ2) is 6.52. The number of rotatable bonds is 5. The van der Waals surface area contributed by atoms with E-state index in [1.165, 1.54) is 4.90 Å². The predicted octanol–water partition coefficient (Wildman–Crippen LogP) is 1.02. The fraction of sp³-hybridized carbons (Fsp3) is 0.467. The largest absolute Gasteiger partial charge is 0.480 e. The molecule has 1 aromatic rings. The molecule has 1 amide bonds. The predicted molar refractivity (Wildman–Crippen MR) is 75.3 cm³/mol. The number of hydrogen-bond acceptors (Lipinski definition) is 3. The summed E-state index contributed by atoms with van der Waals surface area (Å²) in [4.78, 5) is 25.1. The second-order valence-corrected chi connectivity index (χ2v) is 4.95. The van der Waals surface area contributed by atoms with Gasteiger partial charge >= 0.3 is 5.97 Å². The lowest BCUT2D eigenvalue weighted by atomic mass is 9.93. The van der Waals surface area contributed by atoms with Crippen molar-refractivity contribution in [3.8, 4) is 0 Å². The summed E-state index contributed by atoms with van der Waals surface area (Å²) < 4.78 is 0. The summed E-state index contributed by atoms with van der Waals surface area (Å²) in [6, 6.07) is 6.96. The molecule has 20 heavy (non-hydrogen) atoms. The number of carboxylic acids is 1.